The Morgan fingerprint density at radius 3 is 2.70 bits per heavy atom. The lowest BCUT2D eigenvalue weighted by molar-refractivity contribution is -0.122. The minimum atomic E-state index is -3.85. The third-order valence-corrected chi connectivity index (χ3v) is 6.76. The molecule has 0 saturated heterocycles. The van der Waals surface area contributed by atoms with Crippen molar-refractivity contribution in [3.63, 3.8) is 0 Å². The summed E-state index contributed by atoms with van der Waals surface area (Å²) in [6.45, 7) is 0.312. The predicted octanol–water partition coefficient (Wildman–Crippen LogP) is 2.14. The highest BCUT2D eigenvalue weighted by molar-refractivity contribution is 7.98. The van der Waals surface area contributed by atoms with Crippen molar-refractivity contribution >= 4 is 44.9 Å². The SMILES string of the molecule is CSCCC(NS(=O)(=O)c1ccc(Cl)cc1)C(=O)NCCc1nnc2ccccn12. The van der Waals surface area contributed by atoms with Crippen LogP contribution in [0, 0.1) is 0 Å². The predicted molar refractivity (Wildman–Crippen MR) is 118 cm³/mol. The first-order valence-corrected chi connectivity index (χ1v) is 12.5. The van der Waals surface area contributed by atoms with Crippen LogP contribution in [0.25, 0.3) is 5.65 Å². The fourth-order valence-electron chi connectivity index (χ4n) is 2.83. The lowest BCUT2D eigenvalue weighted by Crippen LogP contribution is -2.47. The van der Waals surface area contributed by atoms with E-state index >= 15 is 0 Å². The number of amides is 1. The van der Waals surface area contributed by atoms with Crippen LogP contribution < -0.4 is 10.0 Å². The molecule has 0 aliphatic rings. The van der Waals surface area contributed by atoms with Crippen molar-refractivity contribution in [2.24, 2.45) is 0 Å². The normalized spacial score (nSPS) is 12.7. The van der Waals surface area contributed by atoms with Crippen molar-refractivity contribution in [3.8, 4) is 0 Å². The van der Waals surface area contributed by atoms with Gasteiger partial charge in [-0.25, -0.2) is 8.42 Å². The van der Waals surface area contributed by atoms with Crippen LogP contribution in [-0.4, -0.2) is 53.5 Å². The molecular weight excluding hydrogens is 446 g/mol. The average Bonchev–Trinajstić information content (AvgIpc) is 3.14. The molecule has 11 heteroatoms. The molecule has 1 atom stereocenters. The zero-order valence-electron chi connectivity index (χ0n) is 16.3. The van der Waals surface area contributed by atoms with Gasteiger partial charge in [0, 0.05) is 24.2 Å². The quantitative estimate of drug-likeness (QED) is 0.473. The largest absolute Gasteiger partial charge is 0.354 e. The van der Waals surface area contributed by atoms with Gasteiger partial charge in [-0.2, -0.15) is 16.5 Å². The second-order valence-electron chi connectivity index (χ2n) is 6.50. The van der Waals surface area contributed by atoms with Crippen LogP contribution in [-0.2, 0) is 21.2 Å². The summed E-state index contributed by atoms with van der Waals surface area (Å²) < 4.78 is 29.7. The third kappa shape index (κ3) is 5.72. The van der Waals surface area contributed by atoms with Crippen LogP contribution in [0.2, 0.25) is 5.02 Å². The number of carbonyl (C=O) groups excluding carboxylic acids is 1. The van der Waals surface area contributed by atoms with E-state index in [0.717, 1.165) is 5.65 Å². The molecule has 3 rings (SSSR count). The van der Waals surface area contributed by atoms with Gasteiger partial charge >= 0.3 is 0 Å². The van der Waals surface area contributed by atoms with Crippen molar-refractivity contribution in [2.45, 2.75) is 23.8 Å². The minimum Gasteiger partial charge on any atom is -0.354 e. The molecule has 2 heterocycles. The summed E-state index contributed by atoms with van der Waals surface area (Å²) in [5.41, 5.74) is 0.729. The van der Waals surface area contributed by atoms with Gasteiger partial charge in [0.1, 0.15) is 11.9 Å². The van der Waals surface area contributed by atoms with Crippen LogP contribution in [0.3, 0.4) is 0 Å². The van der Waals surface area contributed by atoms with Crippen LogP contribution >= 0.6 is 23.4 Å². The number of thioether (sulfide) groups is 1. The van der Waals surface area contributed by atoms with Gasteiger partial charge < -0.3 is 5.32 Å². The number of carbonyl (C=O) groups is 1. The maximum Gasteiger partial charge on any atom is 0.241 e. The van der Waals surface area contributed by atoms with Crippen molar-refractivity contribution in [2.75, 3.05) is 18.6 Å². The molecule has 1 unspecified atom stereocenters. The lowest BCUT2D eigenvalue weighted by Gasteiger charge is -2.18. The highest BCUT2D eigenvalue weighted by Gasteiger charge is 2.25. The number of sulfonamides is 1. The number of benzene rings is 1. The van der Waals surface area contributed by atoms with Crippen LogP contribution in [0.15, 0.2) is 53.6 Å². The number of fused-ring (bicyclic) bond motifs is 1. The number of halogens is 1. The van der Waals surface area contributed by atoms with E-state index < -0.39 is 16.1 Å². The van der Waals surface area contributed by atoms with Crippen LogP contribution in [0.4, 0.5) is 0 Å². The van der Waals surface area contributed by atoms with Crippen LogP contribution in [0.1, 0.15) is 12.2 Å². The molecule has 0 aliphatic carbocycles. The second-order valence-corrected chi connectivity index (χ2v) is 9.63. The summed E-state index contributed by atoms with van der Waals surface area (Å²) in [4.78, 5) is 12.8. The van der Waals surface area contributed by atoms with Gasteiger partial charge in [-0.05, 0) is 54.8 Å². The zero-order chi connectivity index (χ0) is 21.6. The van der Waals surface area contributed by atoms with Crippen molar-refractivity contribution in [1.29, 1.82) is 0 Å². The number of pyridine rings is 1. The molecule has 160 valence electrons. The molecule has 1 aromatic carbocycles. The molecule has 2 N–H and O–H groups in total. The van der Waals surface area contributed by atoms with E-state index in [-0.39, 0.29) is 10.8 Å². The number of nitrogens with one attached hydrogen (secondary N) is 2. The topological polar surface area (TPSA) is 105 Å². The van der Waals surface area contributed by atoms with E-state index in [1.54, 1.807) is 11.8 Å². The maximum atomic E-state index is 12.7. The third-order valence-electron chi connectivity index (χ3n) is 4.38. The minimum absolute atomic E-state index is 0.0591. The average molecular weight is 468 g/mol. The number of hydrogen-bond acceptors (Lipinski definition) is 6. The van der Waals surface area contributed by atoms with Gasteiger partial charge in [-0.15, -0.1) is 10.2 Å². The van der Waals surface area contributed by atoms with E-state index in [0.29, 0.717) is 36.0 Å². The molecule has 8 nitrogen and oxygen atoms in total. The van der Waals surface area contributed by atoms with Crippen molar-refractivity contribution in [3.05, 3.63) is 59.5 Å². The highest BCUT2D eigenvalue weighted by Crippen LogP contribution is 2.15. The van der Waals surface area contributed by atoms with E-state index in [9.17, 15) is 13.2 Å². The van der Waals surface area contributed by atoms with Gasteiger partial charge in [0.25, 0.3) is 0 Å². The number of hydrogen-bond donors (Lipinski definition) is 2. The Kier molecular flexibility index (Phi) is 7.70. The van der Waals surface area contributed by atoms with E-state index in [1.165, 1.54) is 24.3 Å². The molecule has 0 spiro atoms. The van der Waals surface area contributed by atoms with Gasteiger partial charge in [-0.1, -0.05) is 17.7 Å². The second kappa shape index (κ2) is 10.3. The summed E-state index contributed by atoms with van der Waals surface area (Å²) in [7, 11) is -3.85. The Morgan fingerprint density at radius 2 is 1.97 bits per heavy atom. The van der Waals surface area contributed by atoms with Crippen LogP contribution in [0.5, 0.6) is 0 Å². The first-order chi connectivity index (χ1) is 14.4. The van der Waals surface area contributed by atoms with E-state index in [1.807, 2.05) is 35.1 Å². The summed E-state index contributed by atoms with van der Waals surface area (Å²) in [6, 6.07) is 10.5. The summed E-state index contributed by atoms with van der Waals surface area (Å²) in [5, 5.41) is 11.4. The monoisotopic (exact) mass is 467 g/mol. The van der Waals surface area contributed by atoms with Gasteiger partial charge in [0.2, 0.25) is 15.9 Å². The Bertz CT molecular complexity index is 1100. The number of aromatic nitrogens is 3. The molecule has 0 fully saturated rings. The Balaban J connectivity index is 1.63. The Hall–Kier alpha value is -2.14. The molecule has 0 saturated carbocycles. The molecule has 1 amide bonds. The van der Waals surface area contributed by atoms with Crippen molar-refractivity contribution in [1.82, 2.24) is 24.6 Å². The highest BCUT2D eigenvalue weighted by atomic mass is 35.5. The summed E-state index contributed by atoms with van der Waals surface area (Å²) in [5.74, 6) is 0.972. The zero-order valence-corrected chi connectivity index (χ0v) is 18.7. The standard InChI is InChI=1S/C19H22ClN5O3S2/c1-29-13-10-16(24-30(27,28)15-7-5-14(20)6-8-15)19(26)21-11-9-18-23-22-17-4-2-3-12-25(17)18/h2-8,12,16,24H,9-11,13H2,1H3,(H,21,26). The Labute approximate surface area is 184 Å². The summed E-state index contributed by atoms with van der Waals surface area (Å²) in [6.07, 6.45) is 4.59. The molecule has 0 aliphatic heterocycles. The fourth-order valence-corrected chi connectivity index (χ4v) is 4.66. The first-order valence-electron chi connectivity index (χ1n) is 9.24. The molecule has 0 bridgehead atoms. The Morgan fingerprint density at radius 1 is 1.20 bits per heavy atom. The van der Waals surface area contributed by atoms with Gasteiger partial charge in [0.05, 0.1) is 4.90 Å². The molecule has 0 radical (unpaired) electrons. The molecule has 30 heavy (non-hydrogen) atoms. The van der Waals surface area contributed by atoms with Crippen molar-refractivity contribution < 1.29 is 13.2 Å². The lowest BCUT2D eigenvalue weighted by atomic mass is 10.2. The first kappa shape index (κ1) is 22.5. The smallest absolute Gasteiger partial charge is 0.241 e. The van der Waals surface area contributed by atoms with Gasteiger partial charge in [0.15, 0.2) is 5.65 Å². The maximum absolute atomic E-state index is 12.7. The molecular formula is C19H22ClN5O3S2. The van der Waals surface area contributed by atoms with Gasteiger partial charge in [-0.3, -0.25) is 9.20 Å². The van der Waals surface area contributed by atoms with E-state index in [2.05, 4.69) is 20.2 Å². The molecule has 3 aromatic rings. The van der Waals surface area contributed by atoms with E-state index in [4.69, 9.17) is 11.6 Å². The number of rotatable bonds is 10. The fraction of sp³-hybridized carbons (Fsp3) is 0.316. The molecule has 2 aromatic heterocycles. The summed E-state index contributed by atoms with van der Waals surface area (Å²) >= 11 is 7.37. The number of nitrogens with zero attached hydrogens (tertiary/aromatic N) is 3.